The molecule has 0 heterocycles. The molecule has 21 heavy (non-hydrogen) atoms. The highest BCUT2D eigenvalue weighted by Crippen LogP contribution is 2.22. The van der Waals surface area contributed by atoms with Gasteiger partial charge in [0.2, 0.25) is 0 Å². The van der Waals surface area contributed by atoms with Crippen molar-refractivity contribution in [3.63, 3.8) is 0 Å². The van der Waals surface area contributed by atoms with Crippen molar-refractivity contribution in [3.05, 3.63) is 59.4 Å². The zero-order valence-corrected chi connectivity index (χ0v) is 11.4. The van der Waals surface area contributed by atoms with E-state index in [2.05, 4.69) is 0 Å². The molecular weight excluding hydrogens is 283 g/mol. The van der Waals surface area contributed by atoms with Crippen LogP contribution >= 0.6 is 0 Å². The molecule has 0 N–H and O–H groups in total. The molecular formula is C15H12F3NO2. The first-order valence-electron chi connectivity index (χ1n) is 6.00. The van der Waals surface area contributed by atoms with Crippen molar-refractivity contribution in [2.75, 3.05) is 19.1 Å². The summed E-state index contributed by atoms with van der Waals surface area (Å²) in [5, 5.41) is 0. The fourth-order valence-corrected chi connectivity index (χ4v) is 1.81. The van der Waals surface area contributed by atoms with Gasteiger partial charge in [0, 0.05) is 24.4 Å². The summed E-state index contributed by atoms with van der Waals surface area (Å²) in [6.07, 6.45) is 0. The van der Waals surface area contributed by atoms with Gasteiger partial charge in [-0.1, -0.05) is 6.07 Å². The van der Waals surface area contributed by atoms with Crippen LogP contribution in [-0.2, 0) is 0 Å². The molecule has 0 spiro atoms. The molecule has 0 saturated heterocycles. The molecule has 0 fully saturated rings. The maximum absolute atomic E-state index is 13.2. The molecule has 2 aromatic carbocycles. The Morgan fingerprint density at radius 1 is 1.10 bits per heavy atom. The number of amides is 1. The summed E-state index contributed by atoms with van der Waals surface area (Å²) in [6.45, 7) is 0. The van der Waals surface area contributed by atoms with E-state index in [1.54, 1.807) is 24.3 Å². The van der Waals surface area contributed by atoms with Gasteiger partial charge in [-0.2, -0.15) is 0 Å². The minimum atomic E-state index is -1.60. The molecule has 0 radical (unpaired) electrons. The Kier molecular flexibility index (Phi) is 4.16. The van der Waals surface area contributed by atoms with Crippen molar-refractivity contribution in [2.45, 2.75) is 0 Å². The number of methoxy groups -OCH3 is 1. The van der Waals surface area contributed by atoms with Gasteiger partial charge >= 0.3 is 0 Å². The number of anilines is 1. The molecule has 2 rings (SSSR count). The average molecular weight is 295 g/mol. The number of rotatable bonds is 3. The lowest BCUT2D eigenvalue weighted by molar-refractivity contribution is 0.0992. The van der Waals surface area contributed by atoms with Gasteiger partial charge in [-0.25, -0.2) is 13.2 Å². The summed E-state index contributed by atoms with van der Waals surface area (Å²) in [5.41, 5.74) is 0.196. The summed E-state index contributed by atoms with van der Waals surface area (Å²) in [5.74, 6) is -4.55. The predicted molar refractivity (Wildman–Crippen MR) is 72.0 cm³/mol. The van der Waals surface area contributed by atoms with Crippen LogP contribution in [0.15, 0.2) is 36.4 Å². The number of ether oxygens (including phenoxy) is 1. The highest BCUT2D eigenvalue weighted by atomic mass is 19.2. The lowest BCUT2D eigenvalue weighted by atomic mass is 10.1. The van der Waals surface area contributed by atoms with Crippen molar-refractivity contribution >= 4 is 11.6 Å². The zero-order valence-electron chi connectivity index (χ0n) is 11.4. The molecule has 0 aliphatic carbocycles. The predicted octanol–water partition coefficient (Wildman–Crippen LogP) is 3.39. The SMILES string of the molecule is COc1cccc(N(C)C(=O)c2cc(F)c(F)c(F)c2)c1. The molecule has 0 bridgehead atoms. The fourth-order valence-electron chi connectivity index (χ4n) is 1.81. The largest absolute Gasteiger partial charge is 0.497 e. The summed E-state index contributed by atoms with van der Waals surface area (Å²) in [4.78, 5) is 13.4. The highest BCUT2D eigenvalue weighted by molar-refractivity contribution is 6.05. The second-order valence-corrected chi connectivity index (χ2v) is 4.32. The second kappa shape index (κ2) is 5.87. The van der Waals surface area contributed by atoms with Gasteiger partial charge in [0.25, 0.3) is 5.91 Å². The quantitative estimate of drug-likeness (QED) is 0.812. The van der Waals surface area contributed by atoms with Crippen LogP contribution in [0.3, 0.4) is 0 Å². The molecule has 6 heteroatoms. The number of hydrogen-bond acceptors (Lipinski definition) is 2. The number of carbonyl (C=O) groups is 1. The molecule has 3 nitrogen and oxygen atoms in total. The van der Waals surface area contributed by atoms with Gasteiger partial charge in [0.1, 0.15) is 5.75 Å². The number of nitrogens with zero attached hydrogens (tertiary/aromatic N) is 1. The van der Waals surface area contributed by atoms with Gasteiger partial charge in [-0.15, -0.1) is 0 Å². The Morgan fingerprint density at radius 3 is 2.29 bits per heavy atom. The van der Waals surface area contributed by atoms with Gasteiger partial charge in [0.05, 0.1) is 7.11 Å². The van der Waals surface area contributed by atoms with E-state index in [1.807, 2.05) is 0 Å². The zero-order chi connectivity index (χ0) is 15.6. The van der Waals surface area contributed by atoms with Gasteiger partial charge in [-0.3, -0.25) is 4.79 Å². The van der Waals surface area contributed by atoms with Crippen molar-refractivity contribution in [3.8, 4) is 5.75 Å². The molecule has 0 atom stereocenters. The van der Waals surface area contributed by atoms with Gasteiger partial charge in [0.15, 0.2) is 17.5 Å². The standard InChI is InChI=1S/C15H12F3NO2/c1-19(10-4-3-5-11(8-10)21-2)15(20)9-6-12(16)14(18)13(17)7-9/h3-8H,1-2H3. The topological polar surface area (TPSA) is 29.5 Å². The third-order valence-corrected chi connectivity index (χ3v) is 2.98. The number of halogens is 3. The van der Waals surface area contributed by atoms with Crippen LogP contribution in [0.2, 0.25) is 0 Å². The van der Waals surface area contributed by atoms with E-state index in [0.717, 1.165) is 0 Å². The lowest BCUT2D eigenvalue weighted by Gasteiger charge is -2.18. The van der Waals surface area contributed by atoms with Gasteiger partial charge < -0.3 is 9.64 Å². The Labute approximate surface area is 119 Å². The number of hydrogen-bond donors (Lipinski definition) is 0. The van der Waals surface area contributed by atoms with Crippen LogP contribution in [0, 0.1) is 17.5 Å². The van der Waals surface area contributed by atoms with Crippen LogP contribution in [0.1, 0.15) is 10.4 Å². The summed E-state index contributed by atoms with van der Waals surface area (Å²) in [7, 11) is 2.92. The van der Waals surface area contributed by atoms with E-state index in [-0.39, 0.29) is 5.56 Å². The molecule has 1 amide bonds. The van der Waals surface area contributed by atoms with E-state index >= 15 is 0 Å². The Bertz CT molecular complexity index is 665. The van der Waals surface area contributed by atoms with E-state index in [4.69, 9.17) is 4.74 Å². The van der Waals surface area contributed by atoms with E-state index < -0.39 is 23.4 Å². The summed E-state index contributed by atoms with van der Waals surface area (Å²) >= 11 is 0. The Hall–Kier alpha value is -2.50. The summed E-state index contributed by atoms with van der Waals surface area (Å²) < 4.78 is 44.3. The lowest BCUT2D eigenvalue weighted by Crippen LogP contribution is -2.26. The van der Waals surface area contributed by atoms with Crippen molar-refractivity contribution in [1.29, 1.82) is 0 Å². The van der Waals surface area contributed by atoms with Crippen LogP contribution in [0.5, 0.6) is 5.75 Å². The van der Waals surface area contributed by atoms with E-state index in [0.29, 0.717) is 23.6 Å². The van der Waals surface area contributed by atoms with Crippen LogP contribution in [0.4, 0.5) is 18.9 Å². The summed E-state index contributed by atoms with van der Waals surface area (Å²) in [6, 6.07) is 7.92. The third-order valence-electron chi connectivity index (χ3n) is 2.98. The maximum Gasteiger partial charge on any atom is 0.258 e. The molecule has 0 aliphatic rings. The monoisotopic (exact) mass is 295 g/mol. The molecule has 0 aromatic heterocycles. The Balaban J connectivity index is 2.34. The highest BCUT2D eigenvalue weighted by Gasteiger charge is 2.19. The smallest absolute Gasteiger partial charge is 0.258 e. The first-order chi connectivity index (χ1) is 9.93. The van der Waals surface area contributed by atoms with Crippen molar-refractivity contribution in [1.82, 2.24) is 0 Å². The van der Waals surface area contributed by atoms with Crippen LogP contribution < -0.4 is 9.64 Å². The van der Waals surface area contributed by atoms with Crippen molar-refractivity contribution < 1.29 is 22.7 Å². The minimum Gasteiger partial charge on any atom is -0.497 e. The molecule has 0 unspecified atom stereocenters. The first kappa shape index (κ1) is 14.9. The number of benzene rings is 2. The molecule has 0 saturated carbocycles. The minimum absolute atomic E-state index is 0.281. The normalized spacial score (nSPS) is 10.3. The third kappa shape index (κ3) is 2.99. The second-order valence-electron chi connectivity index (χ2n) is 4.32. The molecule has 0 aliphatic heterocycles. The van der Waals surface area contributed by atoms with E-state index in [1.165, 1.54) is 19.1 Å². The van der Waals surface area contributed by atoms with Crippen molar-refractivity contribution in [2.24, 2.45) is 0 Å². The maximum atomic E-state index is 13.2. The van der Waals surface area contributed by atoms with Crippen LogP contribution in [0.25, 0.3) is 0 Å². The van der Waals surface area contributed by atoms with E-state index in [9.17, 15) is 18.0 Å². The fraction of sp³-hybridized carbons (Fsp3) is 0.133. The molecule has 110 valence electrons. The number of carbonyl (C=O) groups excluding carboxylic acids is 1. The van der Waals surface area contributed by atoms with Crippen LogP contribution in [-0.4, -0.2) is 20.1 Å². The molecule has 2 aromatic rings. The Morgan fingerprint density at radius 2 is 1.71 bits per heavy atom. The first-order valence-corrected chi connectivity index (χ1v) is 6.00. The average Bonchev–Trinajstić information content (AvgIpc) is 2.50. The van der Waals surface area contributed by atoms with Gasteiger partial charge in [-0.05, 0) is 24.3 Å².